The molecule has 0 bridgehead atoms. The predicted molar refractivity (Wildman–Crippen MR) is 88.8 cm³/mol. The van der Waals surface area contributed by atoms with Crippen LogP contribution in [-0.2, 0) is 11.2 Å². The van der Waals surface area contributed by atoms with Gasteiger partial charge in [0.05, 0.1) is 11.3 Å². The van der Waals surface area contributed by atoms with Crippen LogP contribution in [0.25, 0.3) is 0 Å². The minimum Gasteiger partial charge on any atom is -0.369 e. The van der Waals surface area contributed by atoms with Crippen LogP contribution in [0.3, 0.4) is 0 Å². The van der Waals surface area contributed by atoms with Crippen LogP contribution in [0.2, 0.25) is 0 Å². The summed E-state index contributed by atoms with van der Waals surface area (Å²) in [5, 5.41) is 2.80. The topological polar surface area (TPSA) is 72.2 Å². The summed E-state index contributed by atoms with van der Waals surface area (Å²) in [4.78, 5) is 23.8. The highest BCUT2D eigenvalue weighted by atomic mass is 32.2. The molecular weight excluding hydrogens is 315 g/mol. The number of nitrogens with one attached hydrogen (secondary N) is 1. The molecule has 2 aromatic carbocycles. The van der Waals surface area contributed by atoms with E-state index in [1.165, 1.54) is 23.9 Å². The monoisotopic (exact) mass is 332 g/mol. The van der Waals surface area contributed by atoms with E-state index in [9.17, 15) is 14.0 Å². The Morgan fingerprint density at radius 3 is 2.65 bits per heavy atom. The van der Waals surface area contributed by atoms with Gasteiger partial charge in [0, 0.05) is 11.4 Å². The Morgan fingerprint density at radius 1 is 1.13 bits per heavy atom. The molecule has 0 radical (unpaired) electrons. The van der Waals surface area contributed by atoms with Crippen LogP contribution in [-0.4, -0.2) is 24.1 Å². The van der Waals surface area contributed by atoms with Crippen molar-refractivity contribution in [3.63, 3.8) is 0 Å². The minimum absolute atomic E-state index is 0.119. The highest BCUT2D eigenvalue weighted by Gasteiger charge is 2.11. The summed E-state index contributed by atoms with van der Waals surface area (Å²) in [6.07, 6.45) is 0.542. The van der Waals surface area contributed by atoms with E-state index in [-0.39, 0.29) is 17.5 Å². The number of carbonyl (C=O) groups excluding carboxylic acids is 2. The average Bonchev–Trinajstić information content (AvgIpc) is 2.53. The molecule has 0 heterocycles. The van der Waals surface area contributed by atoms with Crippen LogP contribution in [0.15, 0.2) is 53.4 Å². The Balaban J connectivity index is 1.94. The first kappa shape index (κ1) is 17.0. The van der Waals surface area contributed by atoms with Crippen LogP contribution >= 0.6 is 11.8 Å². The minimum atomic E-state index is -0.434. The molecule has 6 heteroatoms. The Morgan fingerprint density at radius 2 is 1.91 bits per heavy atom. The van der Waals surface area contributed by atoms with Gasteiger partial charge in [-0.2, -0.15) is 0 Å². The van der Waals surface area contributed by atoms with Gasteiger partial charge >= 0.3 is 0 Å². The van der Waals surface area contributed by atoms with E-state index in [2.05, 4.69) is 5.32 Å². The number of hydrogen-bond donors (Lipinski definition) is 2. The van der Waals surface area contributed by atoms with Crippen LogP contribution in [0.4, 0.5) is 4.39 Å². The molecule has 2 rings (SSSR count). The molecule has 0 saturated carbocycles. The number of primary amides is 1. The van der Waals surface area contributed by atoms with E-state index in [4.69, 9.17) is 5.73 Å². The fraction of sp³-hybridized carbons (Fsp3) is 0.176. The average molecular weight is 332 g/mol. The number of carbonyl (C=O) groups is 2. The Bertz CT molecular complexity index is 706. The standard InChI is InChI=1S/C17H17FN2O2S/c18-13-5-3-4-12(10-13)8-9-20-17(22)14-6-1-2-7-15(14)23-11-16(19)21/h1-7,10H,8-9,11H2,(H2,19,21)(H,20,22). The number of rotatable bonds is 7. The number of hydrogen-bond acceptors (Lipinski definition) is 3. The van der Waals surface area contributed by atoms with Gasteiger partial charge in [0.25, 0.3) is 5.91 Å². The fourth-order valence-electron chi connectivity index (χ4n) is 2.04. The third kappa shape index (κ3) is 5.41. The summed E-state index contributed by atoms with van der Waals surface area (Å²) in [5.41, 5.74) is 6.45. The summed E-state index contributed by atoms with van der Waals surface area (Å²) in [6.45, 7) is 0.400. The van der Waals surface area contributed by atoms with Gasteiger partial charge < -0.3 is 11.1 Å². The second-order valence-electron chi connectivity index (χ2n) is 4.89. The quantitative estimate of drug-likeness (QED) is 0.765. The van der Waals surface area contributed by atoms with Crippen molar-refractivity contribution < 1.29 is 14.0 Å². The molecule has 3 N–H and O–H groups in total. The van der Waals surface area contributed by atoms with Crippen molar-refractivity contribution in [1.29, 1.82) is 0 Å². The third-order valence-electron chi connectivity index (χ3n) is 3.09. The van der Waals surface area contributed by atoms with Gasteiger partial charge in [-0.05, 0) is 36.2 Å². The third-order valence-corrected chi connectivity index (χ3v) is 4.19. The van der Waals surface area contributed by atoms with Crippen molar-refractivity contribution in [3.8, 4) is 0 Å². The lowest BCUT2D eigenvalue weighted by Gasteiger charge is -2.09. The first-order chi connectivity index (χ1) is 11.1. The lowest BCUT2D eigenvalue weighted by molar-refractivity contribution is -0.115. The van der Waals surface area contributed by atoms with Gasteiger partial charge in [-0.25, -0.2) is 4.39 Å². The molecule has 0 spiro atoms. The number of halogens is 1. The molecule has 0 aliphatic rings. The second-order valence-corrected chi connectivity index (χ2v) is 5.90. The highest BCUT2D eigenvalue weighted by Crippen LogP contribution is 2.22. The summed E-state index contributed by atoms with van der Waals surface area (Å²) < 4.78 is 13.1. The Hall–Kier alpha value is -2.34. The molecule has 23 heavy (non-hydrogen) atoms. The van der Waals surface area contributed by atoms with Gasteiger partial charge in [0.1, 0.15) is 5.82 Å². The second kappa shape index (κ2) is 8.33. The van der Waals surface area contributed by atoms with E-state index < -0.39 is 5.91 Å². The summed E-state index contributed by atoms with van der Waals surface area (Å²) in [6, 6.07) is 13.3. The zero-order valence-electron chi connectivity index (χ0n) is 12.4. The maximum absolute atomic E-state index is 13.1. The van der Waals surface area contributed by atoms with Gasteiger partial charge in [0.15, 0.2) is 0 Å². The largest absolute Gasteiger partial charge is 0.369 e. The molecule has 0 saturated heterocycles. The van der Waals surface area contributed by atoms with Crippen LogP contribution in [0, 0.1) is 5.82 Å². The molecular formula is C17H17FN2O2S. The SMILES string of the molecule is NC(=O)CSc1ccccc1C(=O)NCCc1cccc(F)c1. The molecule has 2 aromatic rings. The molecule has 2 amide bonds. The Kier molecular flexibility index (Phi) is 6.17. The summed E-state index contributed by atoms with van der Waals surface area (Å²) >= 11 is 1.23. The summed E-state index contributed by atoms with van der Waals surface area (Å²) in [5.74, 6) is -0.833. The van der Waals surface area contributed by atoms with Crippen LogP contribution < -0.4 is 11.1 Å². The van der Waals surface area contributed by atoms with E-state index in [1.54, 1.807) is 30.3 Å². The maximum Gasteiger partial charge on any atom is 0.252 e. The number of thioether (sulfide) groups is 1. The van der Waals surface area contributed by atoms with Gasteiger partial charge in [0.2, 0.25) is 5.91 Å². The molecule has 0 aliphatic heterocycles. The predicted octanol–water partition coefficient (Wildman–Crippen LogP) is 2.38. The normalized spacial score (nSPS) is 10.3. The van der Waals surface area contributed by atoms with Crippen molar-refractivity contribution in [2.45, 2.75) is 11.3 Å². The molecule has 0 atom stereocenters. The maximum atomic E-state index is 13.1. The van der Waals surface area contributed by atoms with E-state index in [0.29, 0.717) is 23.4 Å². The smallest absolute Gasteiger partial charge is 0.252 e. The molecule has 0 unspecified atom stereocenters. The zero-order chi connectivity index (χ0) is 16.7. The van der Waals surface area contributed by atoms with Gasteiger partial charge in [-0.1, -0.05) is 24.3 Å². The molecule has 0 aliphatic carbocycles. The van der Waals surface area contributed by atoms with Crippen molar-refractivity contribution in [1.82, 2.24) is 5.32 Å². The van der Waals surface area contributed by atoms with Gasteiger partial charge in [-0.15, -0.1) is 11.8 Å². The summed E-state index contributed by atoms with van der Waals surface area (Å²) in [7, 11) is 0. The van der Waals surface area contributed by atoms with Crippen LogP contribution in [0.1, 0.15) is 15.9 Å². The van der Waals surface area contributed by atoms with Crippen molar-refractivity contribution in [2.75, 3.05) is 12.3 Å². The van der Waals surface area contributed by atoms with Gasteiger partial charge in [-0.3, -0.25) is 9.59 Å². The lowest BCUT2D eigenvalue weighted by atomic mass is 10.1. The van der Waals surface area contributed by atoms with E-state index in [1.807, 2.05) is 6.07 Å². The molecule has 0 fully saturated rings. The van der Waals surface area contributed by atoms with Crippen molar-refractivity contribution in [2.24, 2.45) is 5.73 Å². The molecule has 120 valence electrons. The molecule has 0 aromatic heterocycles. The lowest BCUT2D eigenvalue weighted by Crippen LogP contribution is -2.26. The van der Waals surface area contributed by atoms with E-state index >= 15 is 0 Å². The first-order valence-electron chi connectivity index (χ1n) is 7.09. The highest BCUT2D eigenvalue weighted by molar-refractivity contribution is 8.00. The van der Waals surface area contributed by atoms with Crippen molar-refractivity contribution >= 4 is 23.6 Å². The fourth-order valence-corrected chi connectivity index (χ4v) is 2.83. The number of nitrogens with two attached hydrogens (primary N) is 1. The van der Waals surface area contributed by atoms with Crippen molar-refractivity contribution in [3.05, 3.63) is 65.5 Å². The number of amides is 2. The number of benzene rings is 2. The zero-order valence-corrected chi connectivity index (χ0v) is 13.2. The first-order valence-corrected chi connectivity index (χ1v) is 8.07. The van der Waals surface area contributed by atoms with Crippen LogP contribution in [0.5, 0.6) is 0 Å². The van der Waals surface area contributed by atoms with E-state index in [0.717, 1.165) is 5.56 Å². The molecule has 4 nitrogen and oxygen atoms in total. The Labute approximate surface area is 138 Å².